The van der Waals surface area contributed by atoms with E-state index in [0.29, 0.717) is 18.3 Å². The van der Waals surface area contributed by atoms with Crippen LogP contribution in [0.15, 0.2) is 24.3 Å². The number of benzene rings is 1. The second-order valence-corrected chi connectivity index (χ2v) is 4.62. The Kier molecular flexibility index (Phi) is 4.39. The van der Waals surface area contributed by atoms with E-state index in [4.69, 9.17) is 0 Å². The summed E-state index contributed by atoms with van der Waals surface area (Å²) in [6, 6.07) is 8.05. The zero-order valence-electron chi connectivity index (χ0n) is 10.5. The van der Waals surface area contributed by atoms with Gasteiger partial charge in [-0.15, -0.1) is 12.4 Å². The van der Waals surface area contributed by atoms with Crippen molar-refractivity contribution in [3.05, 3.63) is 30.0 Å². The van der Waals surface area contributed by atoms with Gasteiger partial charge in [-0.3, -0.25) is 9.89 Å². The fraction of sp³-hybridized carbons (Fsp3) is 0.385. The monoisotopic (exact) mass is 280 g/mol. The molecule has 0 aliphatic carbocycles. The van der Waals surface area contributed by atoms with E-state index in [1.54, 1.807) is 0 Å². The lowest BCUT2D eigenvalue weighted by Crippen LogP contribution is -2.37. The molecule has 5 nitrogen and oxygen atoms in total. The summed E-state index contributed by atoms with van der Waals surface area (Å²) >= 11 is 0. The van der Waals surface area contributed by atoms with Gasteiger partial charge in [-0.1, -0.05) is 18.2 Å². The number of nitrogens with one attached hydrogen (secondary N) is 3. The lowest BCUT2D eigenvalue weighted by atomic mass is 10.2. The third-order valence-electron chi connectivity index (χ3n) is 3.36. The highest BCUT2D eigenvalue weighted by Crippen LogP contribution is 2.14. The SMILES string of the molecule is Cl.O=C(NCC1CCCN1)c1n[nH]c2ccccc12. The van der Waals surface area contributed by atoms with E-state index < -0.39 is 0 Å². The van der Waals surface area contributed by atoms with Crippen LogP contribution in [0.25, 0.3) is 10.9 Å². The summed E-state index contributed by atoms with van der Waals surface area (Å²) in [4.78, 5) is 12.1. The Balaban J connectivity index is 0.00000133. The summed E-state index contributed by atoms with van der Waals surface area (Å²) in [5.74, 6) is -0.110. The Labute approximate surface area is 117 Å². The Hall–Kier alpha value is -1.59. The van der Waals surface area contributed by atoms with Crippen LogP contribution in [0.3, 0.4) is 0 Å². The van der Waals surface area contributed by atoms with E-state index in [9.17, 15) is 4.79 Å². The lowest BCUT2D eigenvalue weighted by molar-refractivity contribution is 0.0947. The summed E-state index contributed by atoms with van der Waals surface area (Å²) in [6.07, 6.45) is 2.31. The molecule has 1 aliphatic heterocycles. The molecular formula is C13H17ClN4O. The molecule has 0 radical (unpaired) electrons. The number of aromatic amines is 1. The topological polar surface area (TPSA) is 69.8 Å². The zero-order valence-corrected chi connectivity index (χ0v) is 11.3. The van der Waals surface area contributed by atoms with Gasteiger partial charge in [0.15, 0.2) is 5.69 Å². The molecule has 2 aromatic rings. The number of H-pyrrole nitrogens is 1. The molecule has 1 aliphatic rings. The van der Waals surface area contributed by atoms with Gasteiger partial charge in [0.25, 0.3) is 5.91 Å². The largest absolute Gasteiger partial charge is 0.349 e. The van der Waals surface area contributed by atoms with E-state index in [1.807, 2.05) is 24.3 Å². The molecule has 19 heavy (non-hydrogen) atoms. The first-order valence-corrected chi connectivity index (χ1v) is 6.29. The fourth-order valence-corrected chi connectivity index (χ4v) is 2.37. The Morgan fingerprint density at radius 1 is 1.42 bits per heavy atom. The molecule has 3 N–H and O–H groups in total. The summed E-state index contributed by atoms with van der Waals surface area (Å²) in [5, 5.41) is 14.1. The molecule has 2 heterocycles. The summed E-state index contributed by atoms with van der Waals surface area (Å²) < 4.78 is 0. The van der Waals surface area contributed by atoms with Crippen molar-refractivity contribution in [2.45, 2.75) is 18.9 Å². The Morgan fingerprint density at radius 3 is 3.05 bits per heavy atom. The van der Waals surface area contributed by atoms with E-state index in [2.05, 4.69) is 20.8 Å². The highest BCUT2D eigenvalue weighted by Gasteiger charge is 2.17. The average molecular weight is 281 g/mol. The second kappa shape index (κ2) is 6.04. The Morgan fingerprint density at radius 2 is 2.26 bits per heavy atom. The maximum absolute atomic E-state index is 12.1. The maximum Gasteiger partial charge on any atom is 0.272 e. The van der Waals surface area contributed by atoms with Crippen LogP contribution in [0.4, 0.5) is 0 Å². The molecule has 102 valence electrons. The van der Waals surface area contributed by atoms with Gasteiger partial charge in [0.2, 0.25) is 0 Å². The van der Waals surface area contributed by atoms with Crippen LogP contribution in [0, 0.1) is 0 Å². The number of hydrogen-bond donors (Lipinski definition) is 3. The highest BCUT2D eigenvalue weighted by molar-refractivity contribution is 6.04. The lowest BCUT2D eigenvalue weighted by Gasteiger charge is -2.10. The van der Waals surface area contributed by atoms with Gasteiger partial charge in [-0.05, 0) is 25.5 Å². The smallest absolute Gasteiger partial charge is 0.272 e. The number of carbonyl (C=O) groups is 1. The first kappa shape index (κ1) is 13.8. The zero-order chi connectivity index (χ0) is 12.4. The van der Waals surface area contributed by atoms with Gasteiger partial charge in [0, 0.05) is 18.0 Å². The first-order valence-electron chi connectivity index (χ1n) is 6.29. The van der Waals surface area contributed by atoms with Crippen LogP contribution in [0.5, 0.6) is 0 Å². The molecule has 1 aromatic carbocycles. The van der Waals surface area contributed by atoms with Crippen LogP contribution >= 0.6 is 12.4 Å². The molecule has 1 amide bonds. The number of halogens is 1. The average Bonchev–Trinajstić information content (AvgIpc) is 3.05. The van der Waals surface area contributed by atoms with Crippen molar-refractivity contribution in [3.8, 4) is 0 Å². The number of aromatic nitrogens is 2. The van der Waals surface area contributed by atoms with Crippen molar-refractivity contribution < 1.29 is 4.79 Å². The van der Waals surface area contributed by atoms with Crippen molar-refractivity contribution in [1.82, 2.24) is 20.8 Å². The minimum absolute atomic E-state index is 0. The van der Waals surface area contributed by atoms with Crippen LogP contribution in [-0.4, -0.2) is 35.2 Å². The van der Waals surface area contributed by atoms with Gasteiger partial charge in [0.05, 0.1) is 5.52 Å². The first-order chi connectivity index (χ1) is 8.84. The maximum atomic E-state index is 12.1. The van der Waals surface area contributed by atoms with Gasteiger partial charge >= 0.3 is 0 Å². The van der Waals surface area contributed by atoms with Gasteiger partial charge < -0.3 is 10.6 Å². The Bertz CT molecular complexity index is 563. The van der Waals surface area contributed by atoms with Crippen molar-refractivity contribution in [2.75, 3.05) is 13.1 Å². The number of para-hydroxylation sites is 1. The number of carbonyl (C=O) groups excluding carboxylic acids is 1. The van der Waals surface area contributed by atoms with Crippen molar-refractivity contribution in [3.63, 3.8) is 0 Å². The minimum Gasteiger partial charge on any atom is -0.349 e. The minimum atomic E-state index is -0.110. The molecule has 3 rings (SSSR count). The van der Waals surface area contributed by atoms with E-state index in [0.717, 1.165) is 23.9 Å². The summed E-state index contributed by atoms with van der Waals surface area (Å²) in [5.41, 5.74) is 1.37. The number of rotatable bonds is 3. The molecule has 0 saturated carbocycles. The molecule has 6 heteroatoms. The second-order valence-electron chi connectivity index (χ2n) is 4.62. The van der Waals surface area contributed by atoms with Crippen LogP contribution in [-0.2, 0) is 0 Å². The van der Waals surface area contributed by atoms with Crippen molar-refractivity contribution in [2.24, 2.45) is 0 Å². The quantitative estimate of drug-likeness (QED) is 0.797. The van der Waals surface area contributed by atoms with E-state index >= 15 is 0 Å². The predicted octanol–water partition coefficient (Wildman–Crippen LogP) is 1.47. The highest BCUT2D eigenvalue weighted by atomic mass is 35.5. The van der Waals surface area contributed by atoms with E-state index in [1.165, 1.54) is 6.42 Å². The normalized spacial score (nSPS) is 18.2. The van der Waals surface area contributed by atoms with Gasteiger partial charge in [0.1, 0.15) is 0 Å². The third-order valence-corrected chi connectivity index (χ3v) is 3.36. The standard InChI is InChI=1S/C13H16N4O.ClH/c18-13(15-8-9-4-3-7-14-9)12-10-5-1-2-6-11(10)16-17-12;/h1-2,5-6,9,14H,3-4,7-8H2,(H,15,18)(H,16,17);1H. The van der Waals surface area contributed by atoms with Crippen LogP contribution in [0.2, 0.25) is 0 Å². The van der Waals surface area contributed by atoms with Gasteiger partial charge in [-0.2, -0.15) is 5.10 Å². The molecule has 1 unspecified atom stereocenters. The predicted molar refractivity (Wildman–Crippen MR) is 76.7 cm³/mol. The summed E-state index contributed by atoms with van der Waals surface area (Å²) in [7, 11) is 0. The van der Waals surface area contributed by atoms with Crippen molar-refractivity contribution in [1.29, 1.82) is 0 Å². The molecule has 0 bridgehead atoms. The number of hydrogen-bond acceptors (Lipinski definition) is 3. The van der Waals surface area contributed by atoms with Crippen LogP contribution in [0.1, 0.15) is 23.3 Å². The number of amides is 1. The number of nitrogens with zero attached hydrogens (tertiary/aromatic N) is 1. The molecule has 1 saturated heterocycles. The van der Waals surface area contributed by atoms with E-state index in [-0.39, 0.29) is 18.3 Å². The van der Waals surface area contributed by atoms with Crippen LogP contribution < -0.4 is 10.6 Å². The van der Waals surface area contributed by atoms with Gasteiger partial charge in [-0.25, -0.2) is 0 Å². The summed E-state index contributed by atoms with van der Waals surface area (Å²) in [6.45, 7) is 1.71. The molecule has 1 aromatic heterocycles. The fourth-order valence-electron chi connectivity index (χ4n) is 2.37. The van der Waals surface area contributed by atoms with Crippen molar-refractivity contribution >= 4 is 29.2 Å². The molecular weight excluding hydrogens is 264 g/mol. The molecule has 0 spiro atoms. The molecule has 1 fully saturated rings. The number of fused-ring (bicyclic) bond motifs is 1. The third kappa shape index (κ3) is 2.88. The molecule has 1 atom stereocenters.